The van der Waals surface area contributed by atoms with Gasteiger partial charge in [-0.15, -0.1) is 0 Å². The Labute approximate surface area is 185 Å². The average molecular weight is 449 g/mol. The zero-order valence-electron chi connectivity index (χ0n) is 17.1. The fraction of sp³-hybridized carbons (Fsp3) is 0.348. The summed E-state index contributed by atoms with van der Waals surface area (Å²) in [6, 6.07) is 9.48. The van der Waals surface area contributed by atoms with Gasteiger partial charge in [-0.05, 0) is 79.2 Å². The van der Waals surface area contributed by atoms with E-state index in [1.54, 1.807) is 12.1 Å². The van der Waals surface area contributed by atoms with Gasteiger partial charge in [-0.2, -0.15) is 0 Å². The molecule has 0 fully saturated rings. The molecule has 0 amide bonds. The Morgan fingerprint density at radius 1 is 1.23 bits per heavy atom. The van der Waals surface area contributed by atoms with E-state index in [4.69, 9.17) is 22.0 Å². The summed E-state index contributed by atoms with van der Waals surface area (Å²) < 4.78 is 13.4. The van der Waals surface area contributed by atoms with E-state index in [2.05, 4.69) is 28.2 Å². The molecule has 2 aliphatic rings. The Morgan fingerprint density at radius 2 is 2.00 bits per heavy atom. The molecular weight excluding hydrogens is 423 g/mol. The van der Waals surface area contributed by atoms with Crippen molar-refractivity contribution in [3.63, 3.8) is 0 Å². The van der Waals surface area contributed by atoms with Gasteiger partial charge in [0.15, 0.2) is 0 Å². The summed E-state index contributed by atoms with van der Waals surface area (Å²) >= 11 is 6.50. The quantitative estimate of drug-likeness (QED) is 0.300. The first-order valence-electron chi connectivity index (χ1n) is 10.2. The molecule has 1 unspecified atom stereocenters. The predicted octanol–water partition coefficient (Wildman–Crippen LogP) is 4.73. The summed E-state index contributed by atoms with van der Waals surface area (Å²) in [7, 11) is 0. The van der Waals surface area contributed by atoms with Crippen LogP contribution >= 0.6 is 11.6 Å². The maximum absolute atomic E-state index is 13.4. The second kappa shape index (κ2) is 10.6. The van der Waals surface area contributed by atoms with Crippen molar-refractivity contribution in [1.82, 2.24) is 5.32 Å². The van der Waals surface area contributed by atoms with Crippen LogP contribution in [0.3, 0.4) is 0 Å². The number of carbonyl (C=O) groups is 1. The summed E-state index contributed by atoms with van der Waals surface area (Å²) in [5.41, 5.74) is 6.08. The minimum Gasteiger partial charge on any atom is -0.481 e. The maximum atomic E-state index is 13.4. The molecule has 8 heteroatoms. The lowest BCUT2D eigenvalue weighted by Gasteiger charge is -2.21. The number of hydrogen-bond acceptors (Lipinski definition) is 5. The monoisotopic (exact) mass is 448 g/mol. The normalized spacial score (nSPS) is 16.8. The number of aliphatic carboxylic acids is 1. The average Bonchev–Trinajstić information content (AvgIpc) is 2.96. The molecule has 2 aromatic carbocycles. The lowest BCUT2D eigenvalue weighted by atomic mass is 9.99. The van der Waals surface area contributed by atoms with E-state index >= 15 is 0 Å². The van der Waals surface area contributed by atoms with Crippen molar-refractivity contribution in [2.24, 2.45) is 0 Å². The van der Waals surface area contributed by atoms with E-state index in [0.717, 1.165) is 55.0 Å². The van der Waals surface area contributed by atoms with Gasteiger partial charge in [0.2, 0.25) is 0 Å². The third-order valence-electron chi connectivity index (χ3n) is 5.46. The summed E-state index contributed by atoms with van der Waals surface area (Å²) in [6.45, 7) is 5.05. The van der Waals surface area contributed by atoms with Crippen molar-refractivity contribution >= 4 is 23.3 Å². The molecule has 1 aliphatic carbocycles. The van der Waals surface area contributed by atoms with Crippen LogP contribution in [0.5, 0.6) is 0 Å². The van der Waals surface area contributed by atoms with Crippen LogP contribution < -0.4 is 10.6 Å². The molecule has 6 nitrogen and oxygen atoms in total. The topological polar surface area (TPSA) is 90.8 Å². The Balaban J connectivity index is 0.000000293. The number of anilines is 1. The Bertz CT molecular complexity index is 967. The number of hydrogen-bond donors (Lipinski definition) is 4. The van der Waals surface area contributed by atoms with Crippen molar-refractivity contribution in [3.8, 4) is 0 Å². The van der Waals surface area contributed by atoms with Crippen LogP contribution in [0.25, 0.3) is 0 Å². The molecule has 2 aromatic rings. The molecule has 1 atom stereocenters. The van der Waals surface area contributed by atoms with Gasteiger partial charge in [0.05, 0.1) is 16.8 Å². The molecule has 31 heavy (non-hydrogen) atoms. The first kappa shape index (κ1) is 23.1. The van der Waals surface area contributed by atoms with E-state index in [9.17, 15) is 9.18 Å². The van der Waals surface area contributed by atoms with Gasteiger partial charge in [-0.3, -0.25) is 4.79 Å². The number of carboxylic acid groups (broad SMARTS) is 1. The first-order valence-corrected chi connectivity index (χ1v) is 10.5. The molecule has 0 radical (unpaired) electrons. The zero-order valence-corrected chi connectivity index (χ0v) is 17.8. The number of benzene rings is 2. The summed E-state index contributed by atoms with van der Waals surface area (Å²) in [6.07, 6.45) is 3.56. The number of halogens is 2. The molecule has 0 aromatic heterocycles. The first-order chi connectivity index (χ1) is 14.9. The van der Waals surface area contributed by atoms with Crippen molar-refractivity contribution < 1.29 is 24.4 Å². The molecular formula is C23H26ClFN2O4. The molecule has 4 N–H and O–H groups in total. The van der Waals surface area contributed by atoms with Gasteiger partial charge >= 0.3 is 5.97 Å². The van der Waals surface area contributed by atoms with Gasteiger partial charge in [0.25, 0.3) is 0 Å². The van der Waals surface area contributed by atoms with Gasteiger partial charge in [-0.25, -0.2) is 9.65 Å². The third kappa shape index (κ3) is 5.97. The van der Waals surface area contributed by atoms with E-state index in [1.165, 1.54) is 16.7 Å². The second-order valence-corrected chi connectivity index (χ2v) is 8.00. The maximum Gasteiger partial charge on any atom is 0.311 e. The fourth-order valence-electron chi connectivity index (χ4n) is 4.01. The highest BCUT2D eigenvalue weighted by Gasteiger charge is 2.25. The smallest absolute Gasteiger partial charge is 0.311 e. The van der Waals surface area contributed by atoms with E-state index in [-0.39, 0.29) is 24.0 Å². The summed E-state index contributed by atoms with van der Waals surface area (Å²) in [5.74, 6) is -1.40. The van der Waals surface area contributed by atoms with E-state index in [1.807, 2.05) is 12.1 Å². The van der Waals surface area contributed by atoms with Crippen molar-refractivity contribution in [3.05, 3.63) is 75.8 Å². The van der Waals surface area contributed by atoms with Crippen LogP contribution in [-0.2, 0) is 28.9 Å². The van der Waals surface area contributed by atoms with Gasteiger partial charge in [0, 0.05) is 0 Å². The highest BCUT2D eigenvalue weighted by atomic mass is 35.5. The molecule has 1 aliphatic heterocycles. The largest absolute Gasteiger partial charge is 0.481 e. The van der Waals surface area contributed by atoms with Crippen molar-refractivity contribution in [1.29, 1.82) is 0 Å². The van der Waals surface area contributed by atoms with E-state index in [0.29, 0.717) is 0 Å². The van der Waals surface area contributed by atoms with Crippen LogP contribution in [-0.4, -0.2) is 29.4 Å². The third-order valence-corrected chi connectivity index (χ3v) is 5.78. The molecule has 0 bridgehead atoms. The van der Waals surface area contributed by atoms with Crippen LogP contribution in [0.2, 0.25) is 5.02 Å². The van der Waals surface area contributed by atoms with Gasteiger partial charge in [0.1, 0.15) is 18.0 Å². The Hall–Kier alpha value is -2.61. The van der Waals surface area contributed by atoms with Crippen molar-refractivity contribution in [2.75, 3.05) is 18.4 Å². The number of nitrogens with one attached hydrogen (secondary N) is 2. The zero-order chi connectivity index (χ0) is 22.4. The number of rotatable bonds is 5. The number of carboxylic acids is 1. The molecule has 0 saturated carbocycles. The van der Waals surface area contributed by atoms with Crippen LogP contribution in [0.1, 0.15) is 41.1 Å². The highest BCUT2D eigenvalue weighted by Crippen LogP contribution is 2.38. The lowest BCUT2D eigenvalue weighted by molar-refractivity contribution is -0.206. The van der Waals surface area contributed by atoms with Gasteiger partial charge in [-0.1, -0.05) is 30.3 Å². The Morgan fingerprint density at radius 3 is 2.71 bits per heavy atom. The molecule has 1 heterocycles. The second-order valence-electron chi connectivity index (χ2n) is 7.59. The van der Waals surface area contributed by atoms with Gasteiger partial charge < -0.3 is 20.6 Å². The van der Waals surface area contributed by atoms with Crippen LogP contribution in [0.4, 0.5) is 10.1 Å². The fourth-order valence-corrected chi connectivity index (χ4v) is 4.24. The highest BCUT2D eigenvalue weighted by molar-refractivity contribution is 6.33. The minimum atomic E-state index is -1.08. The number of aryl methyl sites for hydroxylation is 1. The molecule has 4 rings (SSSR count). The van der Waals surface area contributed by atoms with Crippen molar-refractivity contribution in [2.45, 2.75) is 38.1 Å². The molecule has 0 saturated heterocycles. The standard InChI is InChI=1S/C19H20ClFN2.C4H6O4/c20-17-5-1-12-7-9-22-10-8-16(12)19(17)23-18-6-2-13-11-14(21)3-4-15(13)18;1-3(8-7)2-4(5)6/h1,3-5,11,18,22-23H,2,6-10H2;7H,1-2H2,(H,5,6). The SMILES string of the molecule is C=C(CC(=O)O)OO.Fc1ccc2c(c1)CCC2Nc1c(Cl)ccc2c1CCNCC2. The molecule has 166 valence electrons. The van der Waals surface area contributed by atoms with Crippen LogP contribution in [0.15, 0.2) is 42.7 Å². The predicted molar refractivity (Wildman–Crippen MR) is 118 cm³/mol. The summed E-state index contributed by atoms with van der Waals surface area (Å²) in [5, 5.41) is 23.6. The van der Waals surface area contributed by atoms with Crippen LogP contribution in [0, 0.1) is 5.82 Å². The Kier molecular flexibility index (Phi) is 7.90. The molecule has 0 spiro atoms. The summed E-state index contributed by atoms with van der Waals surface area (Å²) in [4.78, 5) is 13.2. The lowest BCUT2D eigenvalue weighted by Crippen LogP contribution is -2.16. The number of fused-ring (bicyclic) bond motifs is 2. The minimum absolute atomic E-state index is 0.151. The van der Waals surface area contributed by atoms with E-state index < -0.39 is 5.97 Å².